The number of rotatable bonds is 6. The van der Waals surface area contributed by atoms with Crippen molar-refractivity contribution in [1.29, 1.82) is 0 Å². The highest BCUT2D eigenvalue weighted by molar-refractivity contribution is 6.03. The van der Waals surface area contributed by atoms with Gasteiger partial charge in [0.15, 0.2) is 0 Å². The lowest BCUT2D eigenvalue weighted by Crippen LogP contribution is -2.50. The maximum atomic E-state index is 12.6. The molecule has 1 N–H and O–H groups in total. The first-order valence-corrected chi connectivity index (χ1v) is 11.3. The third-order valence-electron chi connectivity index (χ3n) is 5.67. The Morgan fingerprint density at radius 2 is 1.61 bits per heavy atom. The summed E-state index contributed by atoms with van der Waals surface area (Å²) in [5, 5.41) is 2.98. The average molecular weight is 444 g/mol. The number of hydrogen-bond acceptors (Lipinski definition) is 4. The molecular formula is C27H29N3O3. The summed E-state index contributed by atoms with van der Waals surface area (Å²) >= 11 is 0. The smallest absolute Gasteiger partial charge is 0.248 e. The Hall–Kier alpha value is -3.80. The zero-order chi connectivity index (χ0) is 23.2. The topological polar surface area (TPSA) is 65.8 Å². The van der Waals surface area contributed by atoms with Gasteiger partial charge in [-0.2, -0.15) is 0 Å². The van der Waals surface area contributed by atoms with E-state index in [0.29, 0.717) is 18.8 Å². The van der Waals surface area contributed by atoms with Crippen molar-refractivity contribution in [3.63, 3.8) is 0 Å². The number of carbonyl (C=O) groups is 2. The standard InChI is InChI=1S/C27H29N3O3/c1-20(2)27(32)30-18-16-29(17-19-30)24-11-7-6-10-23(24)28-26(31)15-13-22-12-14-25(33-22)21-8-4-3-5-9-21/h3-15,20H,16-19H2,1-2H3,(H,28,31)/b15-13+. The number of benzene rings is 2. The van der Waals surface area contributed by atoms with Gasteiger partial charge in [0.25, 0.3) is 0 Å². The van der Waals surface area contributed by atoms with Gasteiger partial charge in [-0.25, -0.2) is 0 Å². The van der Waals surface area contributed by atoms with Crippen molar-refractivity contribution in [3.8, 4) is 11.3 Å². The number of hydrogen-bond donors (Lipinski definition) is 1. The first-order chi connectivity index (χ1) is 16.0. The van der Waals surface area contributed by atoms with Crippen molar-refractivity contribution < 1.29 is 14.0 Å². The molecule has 0 unspecified atom stereocenters. The molecule has 6 nitrogen and oxygen atoms in total. The van der Waals surface area contributed by atoms with Gasteiger partial charge in [0.1, 0.15) is 11.5 Å². The first-order valence-electron chi connectivity index (χ1n) is 11.3. The molecule has 0 bridgehead atoms. The monoisotopic (exact) mass is 443 g/mol. The fourth-order valence-corrected chi connectivity index (χ4v) is 3.92. The molecule has 6 heteroatoms. The number of nitrogens with zero attached hydrogens (tertiary/aromatic N) is 2. The van der Waals surface area contributed by atoms with Crippen LogP contribution in [0.5, 0.6) is 0 Å². The maximum Gasteiger partial charge on any atom is 0.248 e. The molecule has 1 aliphatic rings. The van der Waals surface area contributed by atoms with Gasteiger partial charge in [0.05, 0.1) is 11.4 Å². The number of amides is 2. The second kappa shape index (κ2) is 10.2. The summed E-state index contributed by atoms with van der Waals surface area (Å²) in [5.74, 6) is 1.34. The van der Waals surface area contributed by atoms with Crippen molar-refractivity contribution in [2.75, 3.05) is 36.4 Å². The van der Waals surface area contributed by atoms with E-state index >= 15 is 0 Å². The van der Waals surface area contributed by atoms with Crippen LogP contribution in [0.3, 0.4) is 0 Å². The van der Waals surface area contributed by atoms with Gasteiger partial charge in [-0.05, 0) is 30.3 Å². The zero-order valence-corrected chi connectivity index (χ0v) is 19.0. The fraction of sp³-hybridized carbons (Fsp3) is 0.259. The second-order valence-electron chi connectivity index (χ2n) is 8.37. The molecule has 0 radical (unpaired) electrons. The maximum absolute atomic E-state index is 12.6. The van der Waals surface area contributed by atoms with Crippen molar-refractivity contribution >= 4 is 29.3 Å². The van der Waals surface area contributed by atoms with Gasteiger partial charge in [0.2, 0.25) is 11.8 Å². The molecule has 33 heavy (non-hydrogen) atoms. The van der Waals surface area contributed by atoms with Crippen LogP contribution in [0.2, 0.25) is 0 Å². The Bertz CT molecular complexity index is 1130. The number of furan rings is 1. The second-order valence-corrected chi connectivity index (χ2v) is 8.37. The van der Waals surface area contributed by atoms with Crippen LogP contribution in [0.4, 0.5) is 11.4 Å². The lowest BCUT2D eigenvalue weighted by molar-refractivity contribution is -0.134. The Morgan fingerprint density at radius 3 is 2.33 bits per heavy atom. The minimum Gasteiger partial charge on any atom is -0.457 e. The Balaban J connectivity index is 1.39. The van der Waals surface area contributed by atoms with E-state index in [1.807, 2.05) is 85.5 Å². The molecule has 2 aromatic carbocycles. The summed E-state index contributed by atoms with van der Waals surface area (Å²) in [5.41, 5.74) is 2.70. The third-order valence-corrected chi connectivity index (χ3v) is 5.67. The summed E-state index contributed by atoms with van der Waals surface area (Å²) in [7, 11) is 0. The number of anilines is 2. The molecule has 2 amide bonds. The van der Waals surface area contributed by atoms with Crippen LogP contribution in [-0.2, 0) is 9.59 Å². The van der Waals surface area contributed by atoms with E-state index in [1.165, 1.54) is 6.08 Å². The lowest BCUT2D eigenvalue weighted by atomic mass is 10.1. The minimum atomic E-state index is -0.228. The van der Waals surface area contributed by atoms with Crippen LogP contribution >= 0.6 is 0 Å². The number of nitrogens with one attached hydrogen (secondary N) is 1. The molecule has 1 fully saturated rings. The highest BCUT2D eigenvalue weighted by atomic mass is 16.3. The molecule has 0 spiro atoms. The van der Waals surface area contributed by atoms with Crippen molar-refractivity contribution in [2.45, 2.75) is 13.8 Å². The quantitative estimate of drug-likeness (QED) is 0.550. The first kappa shape index (κ1) is 22.4. The SMILES string of the molecule is CC(C)C(=O)N1CCN(c2ccccc2NC(=O)/C=C/c2ccc(-c3ccccc3)o2)CC1. The van der Waals surface area contributed by atoms with Crippen molar-refractivity contribution in [1.82, 2.24) is 4.90 Å². The van der Waals surface area contributed by atoms with E-state index in [9.17, 15) is 9.59 Å². The zero-order valence-electron chi connectivity index (χ0n) is 19.0. The Morgan fingerprint density at radius 1 is 0.909 bits per heavy atom. The minimum absolute atomic E-state index is 0.00726. The molecule has 0 aliphatic carbocycles. The van der Waals surface area contributed by atoms with E-state index in [2.05, 4.69) is 10.2 Å². The van der Waals surface area contributed by atoms with Crippen LogP contribution in [-0.4, -0.2) is 42.9 Å². The van der Waals surface area contributed by atoms with E-state index in [0.717, 1.165) is 35.8 Å². The molecule has 0 saturated carbocycles. The van der Waals surface area contributed by atoms with Crippen LogP contribution < -0.4 is 10.2 Å². The van der Waals surface area contributed by atoms with Crippen LogP contribution in [0.25, 0.3) is 17.4 Å². The fourth-order valence-electron chi connectivity index (χ4n) is 3.92. The predicted octanol–water partition coefficient (Wildman–Crippen LogP) is 4.90. The summed E-state index contributed by atoms with van der Waals surface area (Å²) in [4.78, 5) is 29.0. The van der Waals surface area contributed by atoms with Crippen LogP contribution in [0.1, 0.15) is 19.6 Å². The summed E-state index contributed by atoms with van der Waals surface area (Å²) in [6.45, 7) is 6.69. The lowest BCUT2D eigenvalue weighted by Gasteiger charge is -2.37. The van der Waals surface area contributed by atoms with Crippen LogP contribution in [0, 0.1) is 5.92 Å². The molecule has 4 rings (SSSR count). The number of para-hydroxylation sites is 2. The Kier molecular flexibility index (Phi) is 6.93. The molecule has 170 valence electrons. The van der Waals surface area contributed by atoms with Gasteiger partial charge in [-0.15, -0.1) is 0 Å². The number of carbonyl (C=O) groups excluding carboxylic acids is 2. The van der Waals surface area contributed by atoms with Crippen molar-refractivity contribution in [2.24, 2.45) is 5.92 Å². The molecule has 1 aromatic heterocycles. The van der Waals surface area contributed by atoms with Crippen LogP contribution in [0.15, 0.2) is 77.2 Å². The van der Waals surface area contributed by atoms with E-state index in [4.69, 9.17) is 4.42 Å². The third kappa shape index (κ3) is 5.52. The normalized spacial score (nSPS) is 14.2. The largest absolute Gasteiger partial charge is 0.457 e. The Labute approximate surface area is 194 Å². The van der Waals surface area contributed by atoms with Gasteiger partial charge >= 0.3 is 0 Å². The molecular weight excluding hydrogens is 414 g/mol. The predicted molar refractivity (Wildman–Crippen MR) is 132 cm³/mol. The van der Waals surface area contributed by atoms with Crippen molar-refractivity contribution in [3.05, 3.63) is 78.6 Å². The highest BCUT2D eigenvalue weighted by Gasteiger charge is 2.24. The van der Waals surface area contributed by atoms with Gasteiger partial charge in [-0.3, -0.25) is 9.59 Å². The molecule has 1 saturated heterocycles. The van der Waals surface area contributed by atoms with E-state index < -0.39 is 0 Å². The molecule has 3 aromatic rings. The highest BCUT2D eigenvalue weighted by Crippen LogP contribution is 2.27. The van der Waals surface area contributed by atoms with E-state index in [-0.39, 0.29) is 17.7 Å². The van der Waals surface area contributed by atoms with Gasteiger partial charge in [0, 0.05) is 43.7 Å². The van der Waals surface area contributed by atoms with Gasteiger partial charge in [-0.1, -0.05) is 56.3 Å². The van der Waals surface area contributed by atoms with Gasteiger partial charge < -0.3 is 19.5 Å². The molecule has 2 heterocycles. The number of piperazine rings is 1. The summed E-state index contributed by atoms with van der Waals surface area (Å²) in [6.07, 6.45) is 3.14. The van der Waals surface area contributed by atoms with E-state index in [1.54, 1.807) is 6.08 Å². The summed E-state index contributed by atoms with van der Waals surface area (Å²) in [6, 6.07) is 21.3. The molecule has 0 atom stereocenters. The molecule has 1 aliphatic heterocycles. The average Bonchev–Trinajstić information content (AvgIpc) is 3.32. The summed E-state index contributed by atoms with van der Waals surface area (Å²) < 4.78 is 5.83.